The van der Waals surface area contributed by atoms with Gasteiger partial charge in [-0.2, -0.15) is 0 Å². The van der Waals surface area contributed by atoms with E-state index in [2.05, 4.69) is 29.9 Å². The minimum absolute atomic E-state index is 0. The van der Waals surface area contributed by atoms with Crippen molar-refractivity contribution in [1.29, 1.82) is 0 Å². The van der Waals surface area contributed by atoms with Crippen molar-refractivity contribution in [2.75, 3.05) is 0 Å². The summed E-state index contributed by atoms with van der Waals surface area (Å²) in [5.41, 5.74) is 1.09. The van der Waals surface area contributed by atoms with Crippen LogP contribution in [0.3, 0.4) is 0 Å². The van der Waals surface area contributed by atoms with Crippen LogP contribution in [0.15, 0.2) is 109 Å². The summed E-state index contributed by atoms with van der Waals surface area (Å²) in [5.74, 6) is -8.50. The van der Waals surface area contributed by atoms with Crippen molar-refractivity contribution >= 4 is 35.8 Å². The summed E-state index contributed by atoms with van der Waals surface area (Å²) in [4.78, 5) is 94.3. The Morgan fingerprint density at radius 2 is 0.411 bits per heavy atom. The first-order valence-electron chi connectivity index (χ1n) is 18.1. The Kier molecular flexibility index (Phi) is 44.4. The molecule has 6 rings (SSSR count). The topological polar surface area (TPSA) is 611 Å². The molecule has 410 valence electrons. The van der Waals surface area contributed by atoms with Gasteiger partial charge in [0.05, 0.1) is 104 Å². The first-order valence-corrected chi connectivity index (χ1v) is 18.1. The summed E-state index contributed by atoms with van der Waals surface area (Å²) < 4.78 is 0. The first kappa shape index (κ1) is 81.4. The number of aromatic nitrogens is 6. The van der Waals surface area contributed by atoms with Gasteiger partial charge < -0.3 is 109 Å². The normalized spacial score (nSPS) is 9.12. The Bertz CT molecular complexity index is 2200. The number of nitrogens with zero attached hydrogens (tertiary/aromatic N) is 8. The number of carbonyl (C=O) groups excluding carboxylic acids is 6. The fraction of sp³-hybridized carbons (Fsp3) is 0.143. The molecule has 0 aromatic carbocycles. The van der Waals surface area contributed by atoms with Crippen LogP contribution < -0.4 is 30.6 Å². The van der Waals surface area contributed by atoms with Crippen LogP contribution in [0.25, 0.3) is 0 Å². The summed E-state index contributed by atoms with van der Waals surface area (Å²) >= 11 is 0. The standard InChI is InChI=1S/2C21H18N4O6.9H2O.2Yb/c2*26-19(27)16-7-1-4-13(22-16)10-25(11-14-5-2-8-17(23-14)20(28)29)12-15-6-3-9-18(24-15)21(30)31;;;;;;;;;;;/h2*1-9H,10-12H2,(H,26,27)(H,28,29)(H,30,31);9*1H2;;/q;;;;;;;;;;;2*+3/p-4. The van der Waals surface area contributed by atoms with Crippen LogP contribution >= 0.6 is 0 Å². The van der Waals surface area contributed by atoms with Crippen molar-refractivity contribution in [2.45, 2.75) is 39.3 Å². The number of carboxylic acid groups (broad SMARTS) is 6. The van der Waals surface area contributed by atoms with Gasteiger partial charge in [0.1, 0.15) is 0 Å². The van der Waals surface area contributed by atoms with Crippen molar-refractivity contribution < 1.29 is 203 Å². The molecule has 2 radical (unpaired) electrons. The smallest absolute Gasteiger partial charge is 0.543 e. The van der Waals surface area contributed by atoms with Gasteiger partial charge in [-0.15, -0.1) is 0 Å². The number of hydrogen-bond acceptors (Lipinski definition) is 20. The van der Waals surface area contributed by atoms with E-state index in [4.69, 9.17) is 0 Å². The minimum atomic E-state index is -1.42. The van der Waals surface area contributed by atoms with Crippen molar-refractivity contribution in [1.82, 2.24) is 39.7 Å². The van der Waals surface area contributed by atoms with Crippen LogP contribution in [0.5, 0.6) is 0 Å². The second kappa shape index (κ2) is 39.8. The first-order chi connectivity index (χ1) is 29.6. The van der Waals surface area contributed by atoms with Crippen molar-refractivity contribution in [3.63, 3.8) is 0 Å². The third-order valence-electron chi connectivity index (χ3n) is 8.41. The number of carboxylic acids is 6. The molecule has 6 aromatic rings. The largest absolute Gasteiger partial charge is 3.00 e. The van der Waals surface area contributed by atoms with Crippen LogP contribution in [-0.4, -0.2) is 114 Å². The van der Waals surface area contributed by atoms with Gasteiger partial charge in [0.25, 0.3) is 0 Å². The third-order valence-corrected chi connectivity index (χ3v) is 8.41. The zero-order valence-electron chi connectivity index (χ0n) is 37.3. The van der Waals surface area contributed by atoms with Gasteiger partial charge >= 0.3 is 93.8 Å². The predicted octanol–water partition coefficient (Wildman–Crippen LogP) is -11.3. The molecule has 0 aliphatic carbocycles. The molecule has 6 aromatic heterocycles. The van der Waals surface area contributed by atoms with E-state index in [1.54, 1.807) is 46.2 Å². The Labute approximate surface area is 489 Å². The molecule has 0 atom stereocenters. The molecule has 0 saturated carbocycles. The predicted molar refractivity (Wildman–Crippen MR) is 232 cm³/mol. The van der Waals surface area contributed by atoms with Gasteiger partial charge in [-0.1, -0.05) is 36.4 Å². The Hall–Kier alpha value is -5.68. The molecule has 20 N–H and O–H groups in total. The van der Waals surface area contributed by atoms with E-state index in [1.165, 1.54) is 72.8 Å². The van der Waals surface area contributed by atoms with Crippen molar-refractivity contribution in [2.24, 2.45) is 0 Å². The van der Waals surface area contributed by atoms with Crippen molar-refractivity contribution in [3.8, 4) is 0 Å². The second-order valence-corrected chi connectivity index (χ2v) is 13.1. The van der Waals surface area contributed by atoms with Crippen LogP contribution in [-0.2, 0) is 50.2 Å². The zero-order chi connectivity index (χ0) is 44.8. The molecule has 0 amide bonds. The average molecular weight is 1350 g/mol. The Morgan fingerprint density at radius 3 is 0.521 bits per heavy atom. The fourth-order valence-corrected chi connectivity index (χ4v) is 5.80. The number of hydrogen-bond donors (Lipinski definition) is 0. The molecule has 0 fully saturated rings. The number of rotatable bonds is 18. The molecular weight excluding hydrogens is 1300 g/mol. The summed E-state index contributed by atoms with van der Waals surface area (Å²) in [6.45, 7) is 0.890. The SMILES string of the molecule is O.O.O.O.O.O.O.O=C([O-])c1cccc(CN(Cc2cccc(C(=O)[O-])n2)Cc2cccc(C(=O)[O-])n2)n1.O=C([O-])c1cccc(CN(Cc2cccc(C(=O)[O-])n2)Cc2cccc(C(=O)[O-])n2)n1.[OH3+].[OH3+].[Yb+3].[Yb+3]. The second-order valence-electron chi connectivity index (χ2n) is 13.1. The summed E-state index contributed by atoms with van der Waals surface area (Å²) in [6.07, 6.45) is 0. The molecule has 31 heteroatoms. The van der Waals surface area contributed by atoms with Gasteiger partial charge in [-0.05, 0) is 72.8 Å². The third kappa shape index (κ3) is 26.2. The van der Waals surface area contributed by atoms with Gasteiger partial charge in [0.2, 0.25) is 0 Å². The molecule has 0 aliphatic heterocycles. The molecule has 0 aliphatic rings. The molecule has 73 heavy (non-hydrogen) atoms. The molecule has 0 bridgehead atoms. The molecule has 29 nitrogen and oxygen atoms in total. The van der Waals surface area contributed by atoms with E-state index < -0.39 is 35.8 Å². The molecule has 6 heterocycles. The monoisotopic (exact) mass is 1350 g/mol. The van der Waals surface area contributed by atoms with E-state index >= 15 is 0 Å². The summed E-state index contributed by atoms with van der Waals surface area (Å²) in [6, 6.07) is 26.7. The summed E-state index contributed by atoms with van der Waals surface area (Å²) in [5, 5.41) is 66.6. The van der Waals surface area contributed by atoms with Crippen molar-refractivity contribution in [3.05, 3.63) is 178 Å². The molecular formula is C42H50N8O21Yb2+2. The quantitative estimate of drug-likeness (QED) is 0.0721. The van der Waals surface area contributed by atoms with Gasteiger partial charge in [-0.25, -0.2) is 0 Å². The average Bonchev–Trinajstić information content (AvgIpc) is 3.24. The zero-order valence-corrected chi connectivity index (χ0v) is 40.7. The van der Waals surface area contributed by atoms with Gasteiger partial charge in [0.15, 0.2) is 0 Å². The molecule has 0 spiro atoms. The number of aromatic carboxylic acids is 6. The molecule has 0 saturated heterocycles. The summed E-state index contributed by atoms with van der Waals surface area (Å²) in [7, 11) is 0. The Morgan fingerprint density at radius 1 is 0.288 bits per heavy atom. The van der Waals surface area contributed by atoms with Gasteiger partial charge in [0, 0.05) is 39.3 Å². The van der Waals surface area contributed by atoms with E-state index in [0.717, 1.165) is 0 Å². The maximum atomic E-state index is 11.1. The maximum absolute atomic E-state index is 11.1. The van der Waals surface area contributed by atoms with Crippen LogP contribution in [0.1, 0.15) is 97.1 Å². The van der Waals surface area contributed by atoms with Crippen LogP contribution in [0.4, 0.5) is 0 Å². The maximum Gasteiger partial charge on any atom is 3.00 e. The molecule has 0 unspecified atom stereocenters. The van der Waals surface area contributed by atoms with Crippen LogP contribution in [0, 0.1) is 93.8 Å². The van der Waals surface area contributed by atoms with Gasteiger partial charge in [-0.3, -0.25) is 39.7 Å². The Balaban J connectivity index is -0.000000207. The fourth-order valence-electron chi connectivity index (χ4n) is 5.80. The number of carbonyl (C=O) groups is 6. The van der Waals surface area contributed by atoms with E-state index in [1.807, 2.05) is 0 Å². The van der Waals surface area contributed by atoms with E-state index in [9.17, 15) is 59.4 Å². The van der Waals surface area contributed by atoms with E-state index in [0.29, 0.717) is 34.2 Å². The van der Waals surface area contributed by atoms with E-state index in [-0.39, 0.29) is 217 Å². The minimum Gasteiger partial charge on any atom is -0.543 e. The number of pyridine rings is 6. The van der Waals surface area contributed by atoms with Crippen LogP contribution in [0.2, 0.25) is 0 Å².